The van der Waals surface area contributed by atoms with Gasteiger partial charge in [0.05, 0.1) is 4.90 Å². The van der Waals surface area contributed by atoms with E-state index in [2.05, 4.69) is 0 Å². The highest BCUT2D eigenvalue weighted by atomic mass is 32.2. The Morgan fingerprint density at radius 1 is 1.03 bits per heavy atom. The number of ether oxygens (including phenoxy) is 1. The number of nitrogens with zero attached hydrogens (tertiary/aromatic N) is 1. The molecule has 0 saturated carbocycles. The Bertz CT molecular complexity index is 1020. The maximum atomic E-state index is 13.0. The number of halogens is 1. The van der Waals surface area contributed by atoms with Crippen molar-refractivity contribution in [1.29, 1.82) is 0 Å². The maximum Gasteiger partial charge on any atom is 0.321 e. The highest BCUT2D eigenvalue weighted by molar-refractivity contribution is 7.89. The van der Waals surface area contributed by atoms with E-state index in [1.54, 1.807) is 6.07 Å². The van der Waals surface area contributed by atoms with Crippen LogP contribution in [0.1, 0.15) is 34.3 Å². The van der Waals surface area contributed by atoms with Crippen LogP contribution in [0, 0.1) is 5.82 Å². The van der Waals surface area contributed by atoms with Crippen LogP contribution in [-0.4, -0.2) is 44.7 Å². The quantitative estimate of drug-likeness (QED) is 0.509. The number of carbonyl (C=O) groups is 2. The minimum atomic E-state index is -3.97. The molecule has 0 aliphatic heterocycles. The Kier molecular flexibility index (Phi) is 6.44. The van der Waals surface area contributed by atoms with Crippen molar-refractivity contribution in [2.24, 2.45) is 0 Å². The van der Waals surface area contributed by atoms with E-state index >= 15 is 0 Å². The molecule has 154 valence electrons. The monoisotopic (exact) mass is 419 g/mol. The average molecular weight is 419 g/mol. The van der Waals surface area contributed by atoms with Gasteiger partial charge in [-0.15, -0.1) is 0 Å². The van der Waals surface area contributed by atoms with Gasteiger partial charge in [0.25, 0.3) is 0 Å². The summed E-state index contributed by atoms with van der Waals surface area (Å²) in [5.74, 6) is -1.74. The van der Waals surface area contributed by atoms with Crippen molar-refractivity contribution < 1.29 is 27.1 Å². The highest BCUT2D eigenvalue weighted by Gasteiger charge is 2.24. The van der Waals surface area contributed by atoms with E-state index in [4.69, 9.17) is 4.74 Å². The van der Waals surface area contributed by atoms with E-state index in [0.717, 1.165) is 59.8 Å². The van der Waals surface area contributed by atoms with Crippen LogP contribution in [-0.2, 0) is 32.4 Å². The lowest BCUT2D eigenvalue weighted by atomic mass is 9.90. The molecule has 29 heavy (non-hydrogen) atoms. The van der Waals surface area contributed by atoms with E-state index in [1.165, 1.54) is 12.6 Å². The van der Waals surface area contributed by atoms with Crippen LogP contribution >= 0.6 is 0 Å². The van der Waals surface area contributed by atoms with E-state index < -0.39 is 35.0 Å². The molecule has 6 nitrogen and oxygen atoms in total. The van der Waals surface area contributed by atoms with Gasteiger partial charge in [0.2, 0.25) is 10.0 Å². The van der Waals surface area contributed by atoms with Gasteiger partial charge >= 0.3 is 5.97 Å². The lowest BCUT2D eigenvalue weighted by molar-refractivity contribution is -0.142. The summed E-state index contributed by atoms with van der Waals surface area (Å²) >= 11 is 0. The fraction of sp³-hybridized carbons (Fsp3) is 0.333. The van der Waals surface area contributed by atoms with Crippen LogP contribution < -0.4 is 0 Å². The zero-order chi connectivity index (χ0) is 21.0. The molecule has 0 fully saturated rings. The minimum Gasteiger partial charge on any atom is -0.456 e. The van der Waals surface area contributed by atoms with Crippen LogP contribution in [0.25, 0.3) is 0 Å². The van der Waals surface area contributed by atoms with Crippen LogP contribution in [0.3, 0.4) is 0 Å². The van der Waals surface area contributed by atoms with Gasteiger partial charge in [-0.1, -0.05) is 12.1 Å². The van der Waals surface area contributed by atoms with Crippen molar-refractivity contribution in [1.82, 2.24) is 4.31 Å². The van der Waals surface area contributed by atoms with Gasteiger partial charge in [0.15, 0.2) is 12.4 Å². The summed E-state index contributed by atoms with van der Waals surface area (Å²) in [5.41, 5.74) is 2.88. The summed E-state index contributed by atoms with van der Waals surface area (Å²) in [6.45, 7) is -1.01. The first-order valence-electron chi connectivity index (χ1n) is 9.30. The molecule has 0 unspecified atom stereocenters. The summed E-state index contributed by atoms with van der Waals surface area (Å²) in [4.78, 5) is 24.2. The van der Waals surface area contributed by atoms with Crippen LogP contribution in [0.5, 0.6) is 0 Å². The first-order chi connectivity index (χ1) is 13.8. The van der Waals surface area contributed by atoms with Crippen molar-refractivity contribution in [3.8, 4) is 0 Å². The molecule has 0 radical (unpaired) electrons. The van der Waals surface area contributed by atoms with Gasteiger partial charge in [0, 0.05) is 12.6 Å². The van der Waals surface area contributed by atoms with E-state index in [0.29, 0.717) is 5.56 Å². The third-order valence-corrected chi connectivity index (χ3v) is 6.73. The number of benzene rings is 2. The molecule has 2 aromatic rings. The second-order valence-corrected chi connectivity index (χ2v) is 9.03. The van der Waals surface area contributed by atoms with Gasteiger partial charge in [-0.3, -0.25) is 9.59 Å². The molecule has 1 aliphatic rings. The van der Waals surface area contributed by atoms with E-state index in [9.17, 15) is 22.4 Å². The molecule has 0 amide bonds. The van der Waals surface area contributed by atoms with Crippen LogP contribution in [0.4, 0.5) is 4.39 Å². The van der Waals surface area contributed by atoms with E-state index in [1.807, 2.05) is 12.1 Å². The number of hydrogen-bond donors (Lipinski definition) is 0. The molecule has 0 saturated heterocycles. The fourth-order valence-corrected chi connectivity index (χ4v) is 4.35. The van der Waals surface area contributed by atoms with Gasteiger partial charge in [-0.2, -0.15) is 4.31 Å². The number of fused-ring (bicyclic) bond motifs is 1. The summed E-state index contributed by atoms with van der Waals surface area (Å²) in [7, 11) is -2.76. The smallest absolute Gasteiger partial charge is 0.321 e. The number of esters is 1. The summed E-state index contributed by atoms with van der Waals surface area (Å²) in [6, 6.07) is 9.79. The molecule has 8 heteroatoms. The largest absolute Gasteiger partial charge is 0.456 e. The Hall–Kier alpha value is -2.58. The van der Waals surface area contributed by atoms with Gasteiger partial charge < -0.3 is 4.74 Å². The lowest BCUT2D eigenvalue weighted by Crippen LogP contribution is -2.33. The number of ketones is 1. The molecule has 0 N–H and O–H groups in total. The first-order valence-corrected chi connectivity index (χ1v) is 10.7. The molecular weight excluding hydrogens is 397 g/mol. The molecule has 2 aromatic carbocycles. The van der Waals surface area contributed by atoms with Gasteiger partial charge in [-0.05, 0) is 67.1 Å². The third-order valence-electron chi connectivity index (χ3n) is 4.91. The second-order valence-electron chi connectivity index (χ2n) is 6.99. The molecule has 0 atom stereocenters. The summed E-state index contributed by atoms with van der Waals surface area (Å²) in [5, 5.41) is 0. The van der Waals surface area contributed by atoms with Gasteiger partial charge in [0.1, 0.15) is 12.4 Å². The van der Waals surface area contributed by atoms with E-state index in [-0.39, 0.29) is 10.7 Å². The first kappa shape index (κ1) is 21.1. The number of hydrogen-bond acceptors (Lipinski definition) is 5. The lowest BCUT2D eigenvalue weighted by Gasteiger charge is -2.17. The predicted octanol–water partition coefficient (Wildman–Crippen LogP) is 2.75. The van der Waals surface area contributed by atoms with Gasteiger partial charge in [-0.25, -0.2) is 12.8 Å². The summed E-state index contributed by atoms with van der Waals surface area (Å²) < 4.78 is 43.6. The van der Waals surface area contributed by atoms with Crippen LogP contribution in [0.15, 0.2) is 47.4 Å². The minimum absolute atomic E-state index is 0.140. The molecular formula is C21H22FNO5S. The zero-order valence-corrected chi connectivity index (χ0v) is 16.9. The molecule has 3 rings (SSSR count). The SMILES string of the molecule is CN(CC(=O)OCC(=O)c1ccc2c(c1)CCCC2)S(=O)(=O)c1ccc(F)cc1. The van der Waals surface area contributed by atoms with Crippen LogP contribution in [0.2, 0.25) is 0 Å². The zero-order valence-electron chi connectivity index (χ0n) is 16.1. The number of sulfonamides is 1. The normalized spacial score (nSPS) is 13.8. The third kappa shape index (κ3) is 5.07. The Labute approximate surface area is 169 Å². The van der Waals surface area contributed by atoms with Crippen molar-refractivity contribution in [2.45, 2.75) is 30.6 Å². The number of aryl methyl sites for hydroxylation is 2. The number of likely N-dealkylation sites (N-methyl/N-ethyl adjacent to an activating group) is 1. The Morgan fingerprint density at radius 2 is 1.69 bits per heavy atom. The molecule has 0 spiro atoms. The number of Topliss-reactive ketones (excluding diaryl/α,β-unsaturated/α-hetero) is 1. The van der Waals surface area contributed by atoms with Crippen molar-refractivity contribution in [2.75, 3.05) is 20.2 Å². The highest BCUT2D eigenvalue weighted by Crippen LogP contribution is 2.22. The van der Waals surface area contributed by atoms with Crippen molar-refractivity contribution in [3.05, 3.63) is 65.0 Å². The predicted molar refractivity (Wildman–Crippen MR) is 105 cm³/mol. The second kappa shape index (κ2) is 8.84. The Balaban J connectivity index is 1.56. The fourth-order valence-electron chi connectivity index (χ4n) is 3.24. The molecule has 0 heterocycles. The standard InChI is InChI=1S/C21H22FNO5S/c1-23(29(26,27)19-10-8-18(22)9-11-19)13-21(25)28-14-20(24)17-7-6-15-4-2-3-5-16(15)12-17/h6-12H,2-5,13-14H2,1H3. The number of carbonyl (C=O) groups excluding carboxylic acids is 2. The van der Waals surface area contributed by atoms with Crippen molar-refractivity contribution >= 4 is 21.8 Å². The molecule has 0 bridgehead atoms. The maximum absolute atomic E-state index is 13.0. The number of rotatable bonds is 7. The average Bonchev–Trinajstić information content (AvgIpc) is 2.71. The molecule has 0 aromatic heterocycles. The molecule has 1 aliphatic carbocycles. The Morgan fingerprint density at radius 3 is 2.38 bits per heavy atom. The topological polar surface area (TPSA) is 80.8 Å². The van der Waals surface area contributed by atoms with Crippen molar-refractivity contribution in [3.63, 3.8) is 0 Å². The summed E-state index contributed by atoms with van der Waals surface area (Å²) in [6.07, 6.45) is 4.18.